The molecule has 2 rings (SSSR count). The number of anilines is 3. The molecule has 0 amide bonds. The van der Waals surface area contributed by atoms with Crippen LogP contribution in [0, 0.1) is 5.41 Å². The molecular formula is C15H27N5. The first-order valence-electron chi connectivity index (χ1n) is 7.76. The summed E-state index contributed by atoms with van der Waals surface area (Å²) in [6.07, 6.45) is 5.01. The molecule has 0 radical (unpaired) electrons. The van der Waals surface area contributed by atoms with Gasteiger partial charge in [0.25, 0.3) is 0 Å². The Morgan fingerprint density at radius 3 is 2.40 bits per heavy atom. The van der Waals surface area contributed by atoms with Crippen LogP contribution in [-0.2, 0) is 0 Å². The van der Waals surface area contributed by atoms with Gasteiger partial charge in [-0.1, -0.05) is 26.7 Å². The van der Waals surface area contributed by atoms with Crippen LogP contribution in [-0.4, -0.2) is 29.6 Å². The quantitative estimate of drug-likeness (QED) is 0.866. The number of piperidine rings is 1. The highest BCUT2D eigenvalue weighted by molar-refractivity contribution is 5.52. The highest BCUT2D eigenvalue weighted by Crippen LogP contribution is 2.39. The van der Waals surface area contributed by atoms with E-state index in [0.29, 0.717) is 11.4 Å². The first-order chi connectivity index (χ1) is 9.62. The van der Waals surface area contributed by atoms with Crippen molar-refractivity contribution in [1.82, 2.24) is 9.97 Å². The van der Waals surface area contributed by atoms with Gasteiger partial charge in [-0.3, -0.25) is 0 Å². The Morgan fingerprint density at radius 2 is 1.85 bits per heavy atom. The van der Waals surface area contributed by atoms with Gasteiger partial charge >= 0.3 is 0 Å². The van der Waals surface area contributed by atoms with Gasteiger partial charge in [0.15, 0.2) is 0 Å². The minimum Gasteiger partial charge on any atom is -0.370 e. The van der Waals surface area contributed by atoms with Crippen molar-refractivity contribution in [1.29, 1.82) is 0 Å². The molecule has 0 atom stereocenters. The highest BCUT2D eigenvalue weighted by atomic mass is 15.2. The average Bonchev–Trinajstić information content (AvgIpc) is 2.47. The average molecular weight is 277 g/mol. The third-order valence-corrected chi connectivity index (χ3v) is 4.74. The second kappa shape index (κ2) is 6.29. The molecule has 0 aliphatic carbocycles. The molecule has 5 heteroatoms. The van der Waals surface area contributed by atoms with Crippen molar-refractivity contribution in [3.05, 3.63) is 6.07 Å². The number of nitrogens with zero attached hydrogens (tertiary/aromatic N) is 3. The molecule has 0 saturated carbocycles. The van der Waals surface area contributed by atoms with Gasteiger partial charge in [0.1, 0.15) is 11.6 Å². The topological polar surface area (TPSA) is 67.1 Å². The second-order valence-corrected chi connectivity index (χ2v) is 5.69. The van der Waals surface area contributed by atoms with E-state index in [-0.39, 0.29) is 0 Å². The maximum atomic E-state index is 5.81. The van der Waals surface area contributed by atoms with Crippen LogP contribution in [0.25, 0.3) is 0 Å². The molecule has 1 fully saturated rings. The molecule has 1 aromatic rings. The summed E-state index contributed by atoms with van der Waals surface area (Å²) in [4.78, 5) is 10.9. The second-order valence-electron chi connectivity index (χ2n) is 5.69. The molecule has 112 valence electrons. The van der Waals surface area contributed by atoms with Gasteiger partial charge in [-0.05, 0) is 25.2 Å². The van der Waals surface area contributed by atoms with Crippen molar-refractivity contribution in [2.45, 2.75) is 46.5 Å². The van der Waals surface area contributed by atoms with E-state index < -0.39 is 0 Å². The van der Waals surface area contributed by atoms with Gasteiger partial charge in [0.2, 0.25) is 5.95 Å². The number of hydrogen-bond donors (Lipinski definition) is 2. The van der Waals surface area contributed by atoms with Crippen LogP contribution in [0.2, 0.25) is 0 Å². The van der Waals surface area contributed by atoms with Crippen molar-refractivity contribution in [3.8, 4) is 0 Å². The minimum atomic E-state index is 0.348. The first kappa shape index (κ1) is 14.9. The summed E-state index contributed by atoms with van der Waals surface area (Å²) in [6.45, 7) is 9.63. The van der Waals surface area contributed by atoms with E-state index >= 15 is 0 Å². The Kier molecular flexibility index (Phi) is 4.68. The Labute approximate surface area is 122 Å². The zero-order valence-electron chi connectivity index (χ0n) is 12.9. The van der Waals surface area contributed by atoms with Crippen LogP contribution in [0.15, 0.2) is 6.07 Å². The molecule has 0 unspecified atom stereocenters. The lowest BCUT2D eigenvalue weighted by Crippen LogP contribution is -2.40. The molecule has 0 bridgehead atoms. The molecular weight excluding hydrogens is 250 g/mol. The summed E-state index contributed by atoms with van der Waals surface area (Å²) in [5, 5.41) is 3.21. The molecule has 2 heterocycles. The molecule has 1 aliphatic heterocycles. The lowest BCUT2D eigenvalue weighted by Gasteiger charge is -2.41. The Balaban J connectivity index is 2.10. The Bertz CT molecular complexity index is 432. The van der Waals surface area contributed by atoms with E-state index in [1.165, 1.54) is 25.7 Å². The van der Waals surface area contributed by atoms with Gasteiger partial charge in [-0.2, -0.15) is 9.97 Å². The van der Waals surface area contributed by atoms with Crippen molar-refractivity contribution in [2.24, 2.45) is 5.41 Å². The number of hydrogen-bond acceptors (Lipinski definition) is 5. The largest absolute Gasteiger partial charge is 0.370 e. The summed E-state index contributed by atoms with van der Waals surface area (Å²) in [5.41, 5.74) is 6.34. The fourth-order valence-corrected chi connectivity index (χ4v) is 3.05. The van der Waals surface area contributed by atoms with E-state index in [4.69, 9.17) is 5.73 Å². The monoisotopic (exact) mass is 277 g/mol. The molecule has 1 aliphatic rings. The summed E-state index contributed by atoms with van der Waals surface area (Å²) in [5.74, 6) is 2.12. The van der Waals surface area contributed by atoms with E-state index in [1.807, 2.05) is 6.07 Å². The van der Waals surface area contributed by atoms with Gasteiger partial charge in [-0.25, -0.2) is 0 Å². The summed E-state index contributed by atoms with van der Waals surface area (Å²) >= 11 is 0. The van der Waals surface area contributed by atoms with E-state index in [2.05, 4.69) is 41.0 Å². The highest BCUT2D eigenvalue weighted by Gasteiger charge is 2.31. The standard InChI is InChI=1S/C15H27N5/c1-4-15(5-2)7-9-20(10-8-15)13-11-12(17-6-3)18-14(16)19-13/h11H,4-10H2,1-3H3,(H3,16,17,18,19). The van der Waals surface area contributed by atoms with Gasteiger partial charge in [0, 0.05) is 25.7 Å². The van der Waals surface area contributed by atoms with Crippen LogP contribution < -0.4 is 16.0 Å². The molecule has 0 spiro atoms. The Hall–Kier alpha value is -1.52. The van der Waals surface area contributed by atoms with Gasteiger partial charge < -0.3 is 16.0 Å². The number of aromatic nitrogens is 2. The Morgan fingerprint density at radius 1 is 1.20 bits per heavy atom. The number of rotatable bonds is 5. The maximum absolute atomic E-state index is 5.81. The van der Waals surface area contributed by atoms with Crippen molar-refractivity contribution >= 4 is 17.6 Å². The fourth-order valence-electron chi connectivity index (χ4n) is 3.05. The van der Waals surface area contributed by atoms with Crippen LogP contribution in [0.3, 0.4) is 0 Å². The number of nitrogen functional groups attached to an aromatic ring is 1. The maximum Gasteiger partial charge on any atom is 0.223 e. The van der Waals surface area contributed by atoms with Gasteiger partial charge in [-0.15, -0.1) is 0 Å². The zero-order valence-corrected chi connectivity index (χ0v) is 12.9. The molecule has 5 nitrogen and oxygen atoms in total. The number of nitrogens with two attached hydrogens (primary N) is 1. The molecule has 0 aromatic carbocycles. The van der Waals surface area contributed by atoms with Crippen LogP contribution in [0.5, 0.6) is 0 Å². The van der Waals surface area contributed by atoms with E-state index in [9.17, 15) is 0 Å². The molecule has 20 heavy (non-hydrogen) atoms. The van der Waals surface area contributed by atoms with E-state index in [1.54, 1.807) is 0 Å². The smallest absolute Gasteiger partial charge is 0.223 e. The third-order valence-electron chi connectivity index (χ3n) is 4.74. The third kappa shape index (κ3) is 3.14. The van der Waals surface area contributed by atoms with Crippen LogP contribution in [0.4, 0.5) is 17.6 Å². The van der Waals surface area contributed by atoms with Gasteiger partial charge in [0.05, 0.1) is 0 Å². The van der Waals surface area contributed by atoms with Crippen molar-refractivity contribution in [3.63, 3.8) is 0 Å². The SMILES string of the molecule is CCNc1cc(N2CCC(CC)(CC)CC2)nc(N)n1. The van der Waals surface area contributed by atoms with E-state index in [0.717, 1.165) is 31.3 Å². The zero-order chi connectivity index (χ0) is 14.6. The number of nitrogens with one attached hydrogen (secondary N) is 1. The summed E-state index contributed by atoms with van der Waals surface area (Å²) < 4.78 is 0. The molecule has 1 saturated heterocycles. The predicted molar refractivity (Wildman–Crippen MR) is 85.1 cm³/mol. The van der Waals surface area contributed by atoms with Crippen LogP contribution >= 0.6 is 0 Å². The lowest BCUT2D eigenvalue weighted by molar-refractivity contribution is 0.199. The molecule has 3 N–H and O–H groups in total. The normalized spacial score (nSPS) is 18.1. The van der Waals surface area contributed by atoms with Crippen LogP contribution in [0.1, 0.15) is 46.5 Å². The van der Waals surface area contributed by atoms with Crippen molar-refractivity contribution in [2.75, 3.05) is 35.6 Å². The fraction of sp³-hybridized carbons (Fsp3) is 0.733. The predicted octanol–water partition coefficient (Wildman–Crippen LogP) is 2.90. The van der Waals surface area contributed by atoms with Crippen molar-refractivity contribution < 1.29 is 0 Å². The lowest BCUT2D eigenvalue weighted by atomic mass is 9.74. The minimum absolute atomic E-state index is 0.348. The first-order valence-corrected chi connectivity index (χ1v) is 7.76. The molecule has 1 aromatic heterocycles. The summed E-state index contributed by atoms with van der Waals surface area (Å²) in [7, 11) is 0. The summed E-state index contributed by atoms with van der Waals surface area (Å²) in [6, 6.07) is 2.00.